The maximum atomic E-state index is 12.4. The fourth-order valence-corrected chi connectivity index (χ4v) is 2.44. The second-order valence-electron chi connectivity index (χ2n) is 5.43. The highest BCUT2D eigenvalue weighted by Crippen LogP contribution is 2.23. The highest BCUT2D eigenvalue weighted by atomic mass is 16.2. The van der Waals surface area contributed by atoms with Gasteiger partial charge in [0.2, 0.25) is 5.91 Å². The number of amides is 1. The molecule has 0 spiro atoms. The Kier molecular flexibility index (Phi) is 2.96. The molecule has 3 nitrogen and oxygen atoms in total. The molecule has 17 heavy (non-hydrogen) atoms. The molecule has 1 fully saturated rings. The first-order chi connectivity index (χ1) is 7.90. The van der Waals surface area contributed by atoms with E-state index in [2.05, 4.69) is 18.3 Å². The van der Waals surface area contributed by atoms with Crippen molar-refractivity contribution in [2.75, 3.05) is 11.4 Å². The van der Waals surface area contributed by atoms with Crippen molar-refractivity contribution in [1.29, 1.82) is 0 Å². The van der Waals surface area contributed by atoms with Gasteiger partial charge in [-0.05, 0) is 45.4 Å². The molecule has 1 atom stereocenters. The summed E-state index contributed by atoms with van der Waals surface area (Å²) < 4.78 is 0. The lowest BCUT2D eigenvalue weighted by Crippen LogP contribution is -2.65. The largest absolute Gasteiger partial charge is 0.309 e. The summed E-state index contributed by atoms with van der Waals surface area (Å²) in [5, 5.41) is 3.33. The maximum Gasteiger partial charge on any atom is 0.246 e. The minimum Gasteiger partial charge on any atom is -0.309 e. The maximum absolute atomic E-state index is 12.4. The second-order valence-corrected chi connectivity index (χ2v) is 5.43. The van der Waals surface area contributed by atoms with Crippen molar-refractivity contribution in [3.8, 4) is 0 Å². The van der Waals surface area contributed by atoms with Gasteiger partial charge >= 0.3 is 0 Å². The van der Waals surface area contributed by atoms with Crippen molar-refractivity contribution < 1.29 is 4.79 Å². The zero-order valence-corrected chi connectivity index (χ0v) is 10.9. The van der Waals surface area contributed by atoms with E-state index in [0.29, 0.717) is 6.04 Å². The van der Waals surface area contributed by atoms with Crippen molar-refractivity contribution in [3.63, 3.8) is 0 Å². The number of carbonyl (C=O) groups is 1. The Morgan fingerprint density at radius 1 is 1.41 bits per heavy atom. The molecule has 1 heterocycles. The number of benzene rings is 1. The molecular weight excluding hydrogens is 212 g/mol. The predicted molar refractivity (Wildman–Crippen MR) is 70.2 cm³/mol. The minimum atomic E-state index is -0.485. The van der Waals surface area contributed by atoms with E-state index >= 15 is 0 Å². The average molecular weight is 232 g/mol. The standard InChI is InChI=1S/C14H20N2O/c1-10-6-5-7-12(8-10)16-9-11(2)15-14(3,4)13(16)17/h5-8,11,15H,9H2,1-4H3. The molecule has 0 radical (unpaired) electrons. The number of carbonyl (C=O) groups excluding carboxylic acids is 1. The summed E-state index contributed by atoms with van der Waals surface area (Å²) in [4.78, 5) is 14.3. The zero-order chi connectivity index (χ0) is 12.6. The van der Waals surface area contributed by atoms with Crippen LogP contribution < -0.4 is 10.2 Å². The number of anilines is 1. The lowest BCUT2D eigenvalue weighted by atomic mass is 9.97. The molecule has 3 heteroatoms. The number of nitrogens with zero attached hydrogens (tertiary/aromatic N) is 1. The third-order valence-corrected chi connectivity index (χ3v) is 3.16. The Balaban J connectivity index is 2.34. The van der Waals surface area contributed by atoms with Crippen molar-refractivity contribution in [1.82, 2.24) is 5.32 Å². The van der Waals surface area contributed by atoms with E-state index in [4.69, 9.17) is 0 Å². The molecule has 1 aliphatic heterocycles. The van der Waals surface area contributed by atoms with Gasteiger partial charge in [0.15, 0.2) is 0 Å². The van der Waals surface area contributed by atoms with Crippen LogP contribution in [0.1, 0.15) is 26.3 Å². The summed E-state index contributed by atoms with van der Waals surface area (Å²) in [6, 6.07) is 8.41. The Labute approximate surface area is 103 Å². The molecule has 0 aromatic heterocycles. The van der Waals surface area contributed by atoms with Crippen LogP contribution in [0.15, 0.2) is 24.3 Å². The minimum absolute atomic E-state index is 0.140. The SMILES string of the molecule is Cc1cccc(N2CC(C)NC(C)(C)C2=O)c1. The molecular formula is C14H20N2O. The van der Waals surface area contributed by atoms with E-state index in [0.717, 1.165) is 12.2 Å². The lowest BCUT2D eigenvalue weighted by molar-refractivity contribution is -0.125. The van der Waals surface area contributed by atoms with Crippen LogP contribution >= 0.6 is 0 Å². The molecule has 0 saturated carbocycles. The molecule has 1 unspecified atom stereocenters. The summed E-state index contributed by atoms with van der Waals surface area (Å²) in [6.45, 7) is 8.76. The van der Waals surface area contributed by atoms with E-state index in [-0.39, 0.29) is 5.91 Å². The summed E-state index contributed by atoms with van der Waals surface area (Å²) in [5.74, 6) is 0.140. The van der Waals surface area contributed by atoms with Crippen LogP contribution in [0.4, 0.5) is 5.69 Å². The van der Waals surface area contributed by atoms with E-state index in [1.54, 1.807) is 0 Å². The Bertz CT molecular complexity index is 440. The summed E-state index contributed by atoms with van der Waals surface area (Å²) >= 11 is 0. The number of nitrogens with one attached hydrogen (secondary N) is 1. The zero-order valence-electron chi connectivity index (χ0n) is 10.9. The molecule has 1 saturated heterocycles. The highest BCUT2D eigenvalue weighted by molar-refractivity contribution is 6.00. The van der Waals surface area contributed by atoms with Gasteiger partial charge in [-0.3, -0.25) is 10.1 Å². The lowest BCUT2D eigenvalue weighted by Gasteiger charge is -2.41. The van der Waals surface area contributed by atoms with E-state index < -0.39 is 5.54 Å². The van der Waals surface area contributed by atoms with Gasteiger partial charge in [0.1, 0.15) is 0 Å². The summed E-state index contributed by atoms with van der Waals surface area (Å²) in [7, 11) is 0. The third kappa shape index (κ3) is 2.34. The first-order valence-electron chi connectivity index (χ1n) is 6.06. The summed E-state index contributed by atoms with van der Waals surface area (Å²) in [6.07, 6.45) is 0. The Morgan fingerprint density at radius 3 is 2.76 bits per heavy atom. The van der Waals surface area contributed by atoms with Gasteiger partial charge in [-0.25, -0.2) is 0 Å². The number of piperazine rings is 1. The number of aryl methyl sites for hydroxylation is 1. The van der Waals surface area contributed by atoms with Crippen LogP contribution in [0.3, 0.4) is 0 Å². The van der Waals surface area contributed by atoms with Gasteiger partial charge in [-0.15, -0.1) is 0 Å². The van der Waals surface area contributed by atoms with Crippen LogP contribution in [0.5, 0.6) is 0 Å². The average Bonchev–Trinajstić information content (AvgIpc) is 2.22. The molecule has 1 aromatic carbocycles. The molecule has 92 valence electrons. The van der Waals surface area contributed by atoms with Gasteiger partial charge < -0.3 is 4.90 Å². The molecule has 1 aromatic rings. The van der Waals surface area contributed by atoms with Crippen LogP contribution in [-0.4, -0.2) is 24.0 Å². The van der Waals surface area contributed by atoms with Gasteiger partial charge in [0.25, 0.3) is 0 Å². The van der Waals surface area contributed by atoms with Gasteiger partial charge in [0, 0.05) is 18.3 Å². The van der Waals surface area contributed by atoms with Crippen molar-refractivity contribution in [2.45, 2.75) is 39.3 Å². The van der Waals surface area contributed by atoms with Crippen molar-refractivity contribution in [2.24, 2.45) is 0 Å². The monoisotopic (exact) mass is 232 g/mol. The fourth-order valence-electron chi connectivity index (χ4n) is 2.44. The van der Waals surface area contributed by atoms with Crippen LogP contribution in [0, 0.1) is 6.92 Å². The first kappa shape index (κ1) is 12.1. The number of rotatable bonds is 1. The van der Waals surface area contributed by atoms with Crippen molar-refractivity contribution in [3.05, 3.63) is 29.8 Å². The van der Waals surface area contributed by atoms with Gasteiger partial charge in [0.05, 0.1) is 5.54 Å². The van der Waals surface area contributed by atoms with Gasteiger partial charge in [-0.2, -0.15) is 0 Å². The molecule has 0 aliphatic carbocycles. The molecule has 1 amide bonds. The second kappa shape index (κ2) is 4.15. The highest BCUT2D eigenvalue weighted by Gasteiger charge is 2.38. The number of hydrogen-bond acceptors (Lipinski definition) is 2. The molecule has 1 N–H and O–H groups in total. The normalized spacial score (nSPS) is 23.9. The number of hydrogen-bond donors (Lipinski definition) is 1. The van der Waals surface area contributed by atoms with E-state index in [1.165, 1.54) is 5.56 Å². The van der Waals surface area contributed by atoms with E-state index in [9.17, 15) is 4.79 Å². The topological polar surface area (TPSA) is 32.3 Å². The summed E-state index contributed by atoms with van der Waals surface area (Å²) in [5.41, 5.74) is 1.69. The van der Waals surface area contributed by atoms with Crippen LogP contribution in [0.25, 0.3) is 0 Å². The third-order valence-electron chi connectivity index (χ3n) is 3.16. The predicted octanol–water partition coefficient (Wildman–Crippen LogP) is 2.10. The quantitative estimate of drug-likeness (QED) is 0.804. The van der Waals surface area contributed by atoms with Crippen molar-refractivity contribution >= 4 is 11.6 Å². The molecule has 0 bridgehead atoms. The smallest absolute Gasteiger partial charge is 0.246 e. The Morgan fingerprint density at radius 2 is 2.12 bits per heavy atom. The first-order valence-corrected chi connectivity index (χ1v) is 6.06. The molecule has 2 rings (SSSR count). The van der Waals surface area contributed by atoms with E-state index in [1.807, 2.05) is 43.9 Å². The van der Waals surface area contributed by atoms with Crippen LogP contribution in [0.2, 0.25) is 0 Å². The van der Waals surface area contributed by atoms with Crippen LogP contribution in [-0.2, 0) is 4.79 Å². The fraction of sp³-hybridized carbons (Fsp3) is 0.500. The molecule has 1 aliphatic rings. The van der Waals surface area contributed by atoms with Gasteiger partial charge in [-0.1, -0.05) is 12.1 Å². The Hall–Kier alpha value is -1.35.